The van der Waals surface area contributed by atoms with Gasteiger partial charge in [0.15, 0.2) is 0 Å². The van der Waals surface area contributed by atoms with Gasteiger partial charge in [0.05, 0.1) is 0 Å². The van der Waals surface area contributed by atoms with Crippen molar-refractivity contribution in [1.29, 1.82) is 0 Å². The molecular formula is C11H12N2O3. The molecule has 0 atom stereocenters. The molecule has 16 heavy (non-hydrogen) atoms. The number of carboxylic acid groups (broad SMARTS) is 1. The molecule has 1 aromatic rings. The molecule has 5 nitrogen and oxygen atoms in total. The molecule has 0 unspecified atom stereocenters. The summed E-state index contributed by atoms with van der Waals surface area (Å²) in [4.78, 5) is 22.1. The van der Waals surface area contributed by atoms with E-state index in [-0.39, 0.29) is 18.1 Å². The number of terminal acetylenes is 1. The lowest BCUT2D eigenvalue weighted by Crippen LogP contribution is -2.29. The average molecular weight is 220 g/mol. The lowest BCUT2D eigenvalue weighted by atomic mass is 10.4. The zero-order valence-corrected chi connectivity index (χ0v) is 8.64. The van der Waals surface area contributed by atoms with Crippen LogP contribution >= 0.6 is 0 Å². The molecule has 0 radical (unpaired) electrons. The lowest BCUT2D eigenvalue weighted by Gasteiger charge is -2.06. The summed E-state index contributed by atoms with van der Waals surface area (Å²) in [6, 6.07) is 3.02. The highest BCUT2D eigenvalue weighted by molar-refractivity contribution is 5.86. The minimum Gasteiger partial charge on any atom is -0.477 e. The Balaban J connectivity index is 2.53. The summed E-state index contributed by atoms with van der Waals surface area (Å²) in [7, 11) is 0. The molecule has 1 rings (SSSR count). The van der Waals surface area contributed by atoms with Crippen LogP contribution in [-0.2, 0) is 11.3 Å². The van der Waals surface area contributed by atoms with Crippen molar-refractivity contribution in [2.24, 2.45) is 0 Å². The molecule has 5 heteroatoms. The predicted molar refractivity (Wildman–Crippen MR) is 57.9 cm³/mol. The molecular weight excluding hydrogens is 208 g/mol. The molecule has 1 amide bonds. The fraction of sp³-hybridized carbons (Fsp3) is 0.273. The standard InChI is InChI=1S/C11H12N2O3/c1-2-3-6-12-10(14)8-13-7-4-5-9(13)11(15)16/h1,4-5,7H,3,6,8H2,(H,12,14)(H,15,16). The number of carbonyl (C=O) groups is 2. The summed E-state index contributed by atoms with van der Waals surface area (Å²) < 4.78 is 1.37. The van der Waals surface area contributed by atoms with Crippen LogP contribution in [0.3, 0.4) is 0 Å². The Labute approximate surface area is 93.1 Å². The maximum absolute atomic E-state index is 11.4. The van der Waals surface area contributed by atoms with E-state index in [2.05, 4.69) is 11.2 Å². The molecule has 2 N–H and O–H groups in total. The van der Waals surface area contributed by atoms with Crippen LogP contribution in [0.15, 0.2) is 18.3 Å². The van der Waals surface area contributed by atoms with Gasteiger partial charge in [-0.2, -0.15) is 0 Å². The number of aromatic nitrogens is 1. The largest absolute Gasteiger partial charge is 0.477 e. The highest BCUT2D eigenvalue weighted by Crippen LogP contribution is 2.01. The first kappa shape index (κ1) is 11.9. The van der Waals surface area contributed by atoms with E-state index >= 15 is 0 Å². The van der Waals surface area contributed by atoms with Crippen LogP contribution in [-0.4, -0.2) is 28.1 Å². The van der Waals surface area contributed by atoms with E-state index in [1.54, 1.807) is 12.3 Å². The van der Waals surface area contributed by atoms with Gasteiger partial charge in [-0.1, -0.05) is 0 Å². The van der Waals surface area contributed by atoms with Crippen LogP contribution in [0.5, 0.6) is 0 Å². The van der Waals surface area contributed by atoms with Gasteiger partial charge in [-0.05, 0) is 12.1 Å². The summed E-state index contributed by atoms with van der Waals surface area (Å²) in [5.41, 5.74) is 0.0899. The quantitative estimate of drug-likeness (QED) is 0.554. The van der Waals surface area contributed by atoms with Crippen molar-refractivity contribution < 1.29 is 14.7 Å². The second-order valence-electron chi connectivity index (χ2n) is 3.13. The molecule has 1 aromatic heterocycles. The highest BCUT2D eigenvalue weighted by atomic mass is 16.4. The van der Waals surface area contributed by atoms with Crippen molar-refractivity contribution in [1.82, 2.24) is 9.88 Å². The van der Waals surface area contributed by atoms with Gasteiger partial charge in [0.2, 0.25) is 5.91 Å². The van der Waals surface area contributed by atoms with E-state index in [4.69, 9.17) is 11.5 Å². The Bertz CT molecular complexity index is 429. The SMILES string of the molecule is C#CCCNC(=O)Cn1cccc1C(=O)O. The zero-order valence-electron chi connectivity index (χ0n) is 8.64. The van der Waals surface area contributed by atoms with Crippen LogP contribution in [0, 0.1) is 12.3 Å². The van der Waals surface area contributed by atoms with Crippen molar-refractivity contribution in [2.45, 2.75) is 13.0 Å². The van der Waals surface area contributed by atoms with E-state index in [0.29, 0.717) is 13.0 Å². The molecule has 0 saturated heterocycles. The summed E-state index contributed by atoms with van der Waals surface area (Å²) in [6.45, 7) is 0.387. The molecule has 0 bridgehead atoms. The molecule has 84 valence electrons. The van der Waals surface area contributed by atoms with Gasteiger partial charge in [0.1, 0.15) is 12.2 Å². The molecule has 0 aliphatic carbocycles. The normalized spacial score (nSPS) is 9.44. The van der Waals surface area contributed by atoms with Crippen LogP contribution < -0.4 is 5.32 Å². The number of nitrogens with one attached hydrogen (secondary N) is 1. The van der Waals surface area contributed by atoms with Crippen molar-refractivity contribution in [2.75, 3.05) is 6.54 Å². The Morgan fingerprint density at radius 1 is 1.56 bits per heavy atom. The summed E-state index contributed by atoms with van der Waals surface area (Å²) in [5.74, 6) is 1.09. The first-order valence-electron chi connectivity index (χ1n) is 4.73. The van der Waals surface area contributed by atoms with Gasteiger partial charge < -0.3 is 15.0 Å². The Morgan fingerprint density at radius 2 is 2.31 bits per heavy atom. The van der Waals surface area contributed by atoms with Crippen molar-refractivity contribution >= 4 is 11.9 Å². The number of amides is 1. The van der Waals surface area contributed by atoms with Gasteiger partial charge in [-0.15, -0.1) is 12.3 Å². The topological polar surface area (TPSA) is 71.3 Å². The van der Waals surface area contributed by atoms with Crippen LogP contribution in [0.25, 0.3) is 0 Å². The summed E-state index contributed by atoms with van der Waals surface area (Å²) >= 11 is 0. The van der Waals surface area contributed by atoms with Crippen molar-refractivity contribution in [3.8, 4) is 12.3 Å². The highest BCUT2D eigenvalue weighted by Gasteiger charge is 2.10. The van der Waals surface area contributed by atoms with Gasteiger partial charge in [0.25, 0.3) is 0 Å². The fourth-order valence-electron chi connectivity index (χ4n) is 1.23. The first-order valence-corrected chi connectivity index (χ1v) is 4.73. The molecule has 0 saturated carbocycles. The molecule has 0 aliphatic rings. The van der Waals surface area contributed by atoms with Crippen LogP contribution in [0.2, 0.25) is 0 Å². The predicted octanol–water partition coefficient (Wildman–Crippen LogP) is 0.326. The maximum Gasteiger partial charge on any atom is 0.352 e. The van der Waals surface area contributed by atoms with Crippen molar-refractivity contribution in [3.63, 3.8) is 0 Å². The number of carboxylic acids is 1. The summed E-state index contributed by atoms with van der Waals surface area (Å²) in [6.07, 6.45) is 7.04. The number of hydrogen-bond acceptors (Lipinski definition) is 2. The smallest absolute Gasteiger partial charge is 0.352 e. The lowest BCUT2D eigenvalue weighted by molar-refractivity contribution is -0.121. The van der Waals surface area contributed by atoms with E-state index in [0.717, 1.165) is 0 Å². The third-order valence-electron chi connectivity index (χ3n) is 1.95. The van der Waals surface area contributed by atoms with E-state index in [1.165, 1.54) is 10.6 Å². The summed E-state index contributed by atoms with van der Waals surface area (Å²) in [5, 5.41) is 11.4. The van der Waals surface area contributed by atoms with Crippen LogP contribution in [0.1, 0.15) is 16.9 Å². The van der Waals surface area contributed by atoms with Crippen LogP contribution in [0.4, 0.5) is 0 Å². The third kappa shape index (κ3) is 3.17. The van der Waals surface area contributed by atoms with Gasteiger partial charge in [0, 0.05) is 19.2 Å². The monoisotopic (exact) mass is 220 g/mol. The second-order valence-corrected chi connectivity index (χ2v) is 3.13. The Morgan fingerprint density at radius 3 is 2.94 bits per heavy atom. The average Bonchev–Trinajstić information content (AvgIpc) is 2.66. The molecule has 0 aliphatic heterocycles. The van der Waals surface area contributed by atoms with E-state index < -0.39 is 5.97 Å². The Hall–Kier alpha value is -2.22. The molecule has 0 spiro atoms. The second kappa shape index (κ2) is 5.61. The molecule has 1 heterocycles. The minimum atomic E-state index is -1.05. The number of hydrogen-bond donors (Lipinski definition) is 2. The number of nitrogens with zero attached hydrogens (tertiary/aromatic N) is 1. The molecule has 0 fully saturated rings. The molecule has 0 aromatic carbocycles. The van der Waals surface area contributed by atoms with Gasteiger partial charge >= 0.3 is 5.97 Å². The zero-order chi connectivity index (χ0) is 12.0. The van der Waals surface area contributed by atoms with E-state index in [1.807, 2.05) is 0 Å². The maximum atomic E-state index is 11.4. The van der Waals surface area contributed by atoms with Gasteiger partial charge in [-0.3, -0.25) is 4.79 Å². The van der Waals surface area contributed by atoms with E-state index in [9.17, 15) is 9.59 Å². The number of rotatable bonds is 5. The third-order valence-corrected chi connectivity index (χ3v) is 1.95. The Kier molecular flexibility index (Phi) is 4.16. The fourth-order valence-corrected chi connectivity index (χ4v) is 1.23. The van der Waals surface area contributed by atoms with Crippen molar-refractivity contribution in [3.05, 3.63) is 24.0 Å². The number of carbonyl (C=O) groups excluding carboxylic acids is 1. The van der Waals surface area contributed by atoms with Gasteiger partial charge in [-0.25, -0.2) is 4.79 Å². The minimum absolute atomic E-state index is 0.0147. The first-order chi connectivity index (χ1) is 7.65. The number of aromatic carboxylic acids is 1.